The molecule has 2 nitrogen and oxygen atoms in total. The number of hydrogen-bond donors (Lipinski definition) is 2. The summed E-state index contributed by atoms with van der Waals surface area (Å²) in [5.74, 6) is 5.70. The molecule has 0 saturated heterocycles. The van der Waals surface area contributed by atoms with Crippen molar-refractivity contribution >= 4 is 22.6 Å². The van der Waals surface area contributed by atoms with Gasteiger partial charge in [0, 0.05) is 9.61 Å². The summed E-state index contributed by atoms with van der Waals surface area (Å²) in [6.45, 7) is 0. The van der Waals surface area contributed by atoms with Crippen molar-refractivity contribution in [3.8, 4) is 0 Å². The van der Waals surface area contributed by atoms with E-state index in [0.29, 0.717) is 0 Å². The van der Waals surface area contributed by atoms with Crippen LogP contribution in [0.4, 0.5) is 0 Å². The molecule has 0 radical (unpaired) electrons. The van der Waals surface area contributed by atoms with E-state index in [0.717, 1.165) is 19.3 Å². The Bertz CT molecular complexity index is 499. The maximum Gasteiger partial charge on any atom is 0.0470 e. The summed E-state index contributed by atoms with van der Waals surface area (Å²) in [7, 11) is 0. The van der Waals surface area contributed by atoms with Gasteiger partial charge in [0.05, 0.1) is 0 Å². The molecule has 2 aromatic rings. The highest BCUT2D eigenvalue weighted by atomic mass is 127. The number of rotatable bonds is 6. The monoisotopic (exact) mass is 366 g/mol. The van der Waals surface area contributed by atoms with Gasteiger partial charge in [-0.3, -0.25) is 11.3 Å². The maximum atomic E-state index is 5.70. The second-order valence-corrected chi connectivity index (χ2v) is 5.78. The number of hydrazine groups is 1. The fraction of sp³-hybridized carbons (Fsp3) is 0.250. The third-order valence-corrected chi connectivity index (χ3v) is 4.27. The highest BCUT2D eigenvalue weighted by Gasteiger charge is 2.11. The second-order valence-electron chi connectivity index (χ2n) is 4.62. The van der Waals surface area contributed by atoms with Crippen molar-refractivity contribution < 1.29 is 0 Å². The van der Waals surface area contributed by atoms with Crippen LogP contribution in [0.1, 0.15) is 30.0 Å². The molecule has 0 aliphatic rings. The van der Waals surface area contributed by atoms with Gasteiger partial charge in [0.15, 0.2) is 0 Å². The van der Waals surface area contributed by atoms with Gasteiger partial charge in [-0.1, -0.05) is 48.5 Å². The summed E-state index contributed by atoms with van der Waals surface area (Å²) in [6, 6.07) is 19.2. The molecular formula is C16H19IN2. The molecule has 0 bridgehead atoms. The van der Waals surface area contributed by atoms with Gasteiger partial charge in [0.25, 0.3) is 0 Å². The van der Waals surface area contributed by atoms with Gasteiger partial charge < -0.3 is 0 Å². The van der Waals surface area contributed by atoms with Crippen LogP contribution in [-0.4, -0.2) is 0 Å². The van der Waals surface area contributed by atoms with Gasteiger partial charge in [0.1, 0.15) is 0 Å². The molecule has 0 aliphatic heterocycles. The van der Waals surface area contributed by atoms with E-state index < -0.39 is 0 Å². The summed E-state index contributed by atoms with van der Waals surface area (Å²) in [5.41, 5.74) is 5.62. The fourth-order valence-electron chi connectivity index (χ4n) is 2.24. The average molecular weight is 366 g/mol. The highest BCUT2D eigenvalue weighted by molar-refractivity contribution is 14.1. The third-order valence-electron chi connectivity index (χ3n) is 3.28. The van der Waals surface area contributed by atoms with Crippen LogP contribution in [-0.2, 0) is 6.42 Å². The largest absolute Gasteiger partial charge is 0.271 e. The quantitative estimate of drug-likeness (QED) is 0.464. The van der Waals surface area contributed by atoms with Crippen molar-refractivity contribution in [1.29, 1.82) is 0 Å². The first kappa shape index (κ1) is 14.5. The van der Waals surface area contributed by atoms with Crippen LogP contribution in [0.3, 0.4) is 0 Å². The molecule has 2 rings (SSSR count). The minimum absolute atomic E-state index is 0.233. The SMILES string of the molecule is NNC(CCCc1ccccc1)c1ccccc1I. The molecule has 2 aromatic carbocycles. The standard InChI is InChI=1S/C16H19IN2/c17-15-11-5-4-10-14(15)16(19-18)12-6-9-13-7-2-1-3-8-13/h1-5,7-8,10-11,16,19H,6,9,12,18H2. The molecular weight excluding hydrogens is 347 g/mol. The van der Waals surface area contributed by atoms with Gasteiger partial charge in [-0.25, -0.2) is 0 Å². The van der Waals surface area contributed by atoms with Crippen molar-refractivity contribution in [1.82, 2.24) is 5.43 Å². The molecule has 0 spiro atoms. The zero-order chi connectivity index (χ0) is 13.5. The van der Waals surface area contributed by atoms with Crippen molar-refractivity contribution in [2.24, 2.45) is 5.84 Å². The second kappa shape index (κ2) is 7.62. The number of benzene rings is 2. The molecule has 0 fully saturated rings. The van der Waals surface area contributed by atoms with Crippen molar-refractivity contribution in [2.75, 3.05) is 0 Å². The normalized spacial score (nSPS) is 12.3. The summed E-state index contributed by atoms with van der Waals surface area (Å²) in [4.78, 5) is 0. The fourth-order valence-corrected chi connectivity index (χ4v) is 3.00. The average Bonchev–Trinajstić information content (AvgIpc) is 2.46. The molecule has 1 unspecified atom stereocenters. The molecule has 100 valence electrons. The molecule has 0 heterocycles. The number of nitrogens with two attached hydrogens (primary N) is 1. The molecule has 0 amide bonds. The maximum absolute atomic E-state index is 5.70. The Morgan fingerprint density at radius 3 is 2.37 bits per heavy atom. The number of nitrogens with one attached hydrogen (secondary N) is 1. The Morgan fingerprint density at radius 1 is 1.00 bits per heavy atom. The Morgan fingerprint density at radius 2 is 1.68 bits per heavy atom. The van der Waals surface area contributed by atoms with E-state index in [4.69, 9.17) is 5.84 Å². The zero-order valence-corrected chi connectivity index (χ0v) is 13.0. The predicted molar refractivity (Wildman–Crippen MR) is 88.6 cm³/mol. The van der Waals surface area contributed by atoms with Gasteiger partial charge in [-0.2, -0.15) is 0 Å². The highest BCUT2D eigenvalue weighted by Crippen LogP contribution is 2.23. The van der Waals surface area contributed by atoms with Gasteiger partial charge in [-0.15, -0.1) is 0 Å². The Labute approximate surface area is 128 Å². The van der Waals surface area contributed by atoms with Gasteiger partial charge in [0.2, 0.25) is 0 Å². The van der Waals surface area contributed by atoms with Crippen LogP contribution < -0.4 is 11.3 Å². The van der Waals surface area contributed by atoms with Gasteiger partial charge in [-0.05, 0) is 59.0 Å². The van der Waals surface area contributed by atoms with E-state index in [9.17, 15) is 0 Å². The summed E-state index contributed by atoms with van der Waals surface area (Å²) >= 11 is 2.37. The van der Waals surface area contributed by atoms with Crippen LogP contribution in [0.25, 0.3) is 0 Å². The van der Waals surface area contributed by atoms with Crippen molar-refractivity contribution in [3.63, 3.8) is 0 Å². The van der Waals surface area contributed by atoms with E-state index in [1.54, 1.807) is 0 Å². The lowest BCUT2D eigenvalue weighted by Crippen LogP contribution is -2.28. The number of aryl methyl sites for hydroxylation is 1. The van der Waals surface area contributed by atoms with Crippen molar-refractivity contribution in [2.45, 2.75) is 25.3 Å². The predicted octanol–water partition coefficient (Wildman–Crippen LogP) is 3.82. The first-order chi connectivity index (χ1) is 9.31. The van der Waals surface area contributed by atoms with Crippen LogP contribution in [0.5, 0.6) is 0 Å². The molecule has 1 atom stereocenters. The van der Waals surface area contributed by atoms with Crippen LogP contribution in [0.15, 0.2) is 54.6 Å². The zero-order valence-electron chi connectivity index (χ0n) is 10.9. The van der Waals surface area contributed by atoms with Crippen LogP contribution >= 0.6 is 22.6 Å². The lowest BCUT2D eigenvalue weighted by molar-refractivity contribution is 0.497. The van der Waals surface area contributed by atoms with Crippen molar-refractivity contribution in [3.05, 3.63) is 69.3 Å². The van der Waals surface area contributed by atoms with Crippen LogP contribution in [0, 0.1) is 3.57 Å². The Hall–Kier alpha value is -0.910. The molecule has 3 heteroatoms. The number of hydrogen-bond acceptors (Lipinski definition) is 2. The van der Waals surface area contributed by atoms with E-state index in [2.05, 4.69) is 82.6 Å². The lowest BCUT2D eigenvalue weighted by Gasteiger charge is -2.17. The Balaban J connectivity index is 1.92. The lowest BCUT2D eigenvalue weighted by atomic mass is 9.99. The molecule has 0 aromatic heterocycles. The van der Waals surface area contributed by atoms with Gasteiger partial charge >= 0.3 is 0 Å². The minimum atomic E-state index is 0.233. The first-order valence-electron chi connectivity index (χ1n) is 6.55. The topological polar surface area (TPSA) is 38.0 Å². The summed E-state index contributed by atoms with van der Waals surface area (Å²) in [6.07, 6.45) is 3.28. The molecule has 19 heavy (non-hydrogen) atoms. The minimum Gasteiger partial charge on any atom is -0.271 e. The third kappa shape index (κ3) is 4.30. The molecule has 0 aliphatic carbocycles. The van der Waals surface area contributed by atoms with E-state index in [1.807, 2.05) is 0 Å². The summed E-state index contributed by atoms with van der Waals surface area (Å²) < 4.78 is 1.27. The Kier molecular flexibility index (Phi) is 5.82. The van der Waals surface area contributed by atoms with E-state index in [1.165, 1.54) is 14.7 Å². The first-order valence-corrected chi connectivity index (χ1v) is 7.63. The smallest absolute Gasteiger partial charge is 0.0470 e. The van der Waals surface area contributed by atoms with Crippen LogP contribution in [0.2, 0.25) is 0 Å². The van der Waals surface area contributed by atoms with E-state index in [-0.39, 0.29) is 6.04 Å². The summed E-state index contributed by atoms with van der Waals surface area (Å²) in [5, 5.41) is 0. The number of halogens is 1. The molecule has 3 N–H and O–H groups in total. The van der Waals surface area contributed by atoms with E-state index >= 15 is 0 Å². The molecule has 0 saturated carbocycles.